The molecule has 7 aromatic rings. The predicted octanol–water partition coefficient (Wildman–Crippen LogP) is 14.5. The Morgan fingerprint density at radius 1 is 0.544 bits per heavy atom. The van der Waals surface area contributed by atoms with Crippen LogP contribution in [0.1, 0.15) is 60.9 Å². The smallest absolute Gasteiger partial charge is 0.0543 e. The third kappa shape index (κ3) is 5.94. The van der Waals surface area contributed by atoms with Gasteiger partial charge in [0.1, 0.15) is 0 Å². The fraction of sp³-hybridized carbons (Fsp3) is 0.164. The summed E-state index contributed by atoms with van der Waals surface area (Å²) in [5.41, 5.74) is 19.4. The maximum absolute atomic E-state index is 2.66. The second-order valence-corrected chi connectivity index (χ2v) is 16.4. The van der Waals surface area contributed by atoms with Gasteiger partial charge in [-0.2, -0.15) is 0 Å². The van der Waals surface area contributed by atoms with E-state index >= 15 is 0 Å². The zero-order chi connectivity index (χ0) is 37.9. The topological polar surface area (TPSA) is 8.17 Å². The summed E-state index contributed by atoms with van der Waals surface area (Å²) in [6.45, 7) is 2.36. The number of fused-ring (bicyclic) bond motifs is 6. The Kier molecular flexibility index (Phi) is 8.31. The fourth-order valence-corrected chi connectivity index (χ4v) is 10.0. The van der Waals surface area contributed by atoms with E-state index in [1.807, 2.05) is 0 Å². The van der Waals surface area contributed by atoms with Crippen LogP contribution in [0.25, 0.3) is 61.6 Å². The second-order valence-electron chi connectivity index (χ2n) is 16.4. The van der Waals surface area contributed by atoms with Crippen LogP contribution >= 0.6 is 0 Å². The molecule has 57 heavy (non-hydrogen) atoms. The lowest BCUT2D eigenvalue weighted by Gasteiger charge is -2.34. The van der Waals surface area contributed by atoms with Crippen LogP contribution in [-0.4, -0.2) is 10.6 Å². The minimum atomic E-state index is 0.379. The Labute approximate surface area is 336 Å². The summed E-state index contributed by atoms with van der Waals surface area (Å²) >= 11 is 0. The Hall–Kier alpha value is -6.38. The van der Waals surface area contributed by atoms with Crippen LogP contribution in [0.15, 0.2) is 176 Å². The van der Waals surface area contributed by atoms with Crippen molar-refractivity contribution in [2.24, 2.45) is 5.92 Å². The summed E-state index contributed by atoms with van der Waals surface area (Å²) in [4.78, 5) is 2.66. The molecule has 0 fully saturated rings. The molecule has 2 nitrogen and oxygen atoms in total. The van der Waals surface area contributed by atoms with Crippen molar-refractivity contribution in [3.63, 3.8) is 0 Å². The number of hydrogen-bond donors (Lipinski definition) is 0. The van der Waals surface area contributed by atoms with Crippen LogP contribution < -0.4 is 4.90 Å². The molecular weight excluding hydrogens is 689 g/mol. The zero-order valence-corrected chi connectivity index (χ0v) is 32.5. The summed E-state index contributed by atoms with van der Waals surface area (Å²) in [5.74, 6) is 0.922. The summed E-state index contributed by atoms with van der Waals surface area (Å²) in [5, 5.41) is 1.32. The normalized spacial score (nSPS) is 19.4. The van der Waals surface area contributed by atoms with Crippen molar-refractivity contribution in [2.75, 3.05) is 4.90 Å². The first-order valence-electron chi connectivity index (χ1n) is 20.9. The van der Waals surface area contributed by atoms with E-state index < -0.39 is 0 Å². The average molecular weight is 735 g/mol. The molecule has 4 aliphatic rings. The Morgan fingerprint density at radius 3 is 2.09 bits per heavy atom. The number of nitrogens with zero attached hydrogens (tertiary/aromatic N) is 2. The summed E-state index contributed by atoms with van der Waals surface area (Å²) in [6, 6.07) is 52.9. The highest BCUT2D eigenvalue weighted by molar-refractivity contribution is 5.97. The quantitative estimate of drug-likeness (QED) is 0.154. The number of anilines is 2. The highest BCUT2D eigenvalue weighted by Crippen LogP contribution is 2.51. The Bertz CT molecular complexity index is 2790. The maximum atomic E-state index is 2.66. The molecule has 2 heteroatoms. The third-order valence-electron chi connectivity index (χ3n) is 12.8. The molecule has 0 saturated carbocycles. The number of rotatable bonds is 6. The van der Waals surface area contributed by atoms with Crippen LogP contribution in [0.3, 0.4) is 0 Å². The molecule has 6 aromatic carbocycles. The van der Waals surface area contributed by atoms with E-state index in [4.69, 9.17) is 0 Å². The first kappa shape index (κ1) is 33.9. The van der Waals surface area contributed by atoms with Crippen LogP contribution in [0, 0.1) is 5.92 Å². The molecule has 0 saturated heterocycles. The minimum Gasteiger partial charge on any atom is -0.337 e. The van der Waals surface area contributed by atoms with Gasteiger partial charge in [-0.1, -0.05) is 147 Å². The van der Waals surface area contributed by atoms with Crippen molar-refractivity contribution in [3.05, 3.63) is 198 Å². The third-order valence-corrected chi connectivity index (χ3v) is 12.8. The summed E-state index contributed by atoms with van der Waals surface area (Å²) in [6.07, 6.45) is 22.0. The van der Waals surface area contributed by atoms with Crippen molar-refractivity contribution in [2.45, 2.75) is 51.0 Å². The van der Waals surface area contributed by atoms with Gasteiger partial charge in [0.2, 0.25) is 0 Å². The molecule has 1 aliphatic heterocycles. The van der Waals surface area contributed by atoms with Gasteiger partial charge in [-0.3, -0.25) is 0 Å². The van der Waals surface area contributed by atoms with Gasteiger partial charge in [0, 0.05) is 45.7 Å². The molecule has 0 spiro atoms. The molecule has 276 valence electrons. The number of aromatic nitrogens is 1. The van der Waals surface area contributed by atoms with Gasteiger partial charge < -0.3 is 9.47 Å². The number of benzene rings is 6. The van der Waals surface area contributed by atoms with Crippen LogP contribution in [0.4, 0.5) is 11.4 Å². The lowest BCUT2D eigenvalue weighted by Crippen LogP contribution is -2.33. The van der Waals surface area contributed by atoms with Gasteiger partial charge >= 0.3 is 0 Å². The number of hydrogen-bond acceptors (Lipinski definition) is 1. The molecule has 11 rings (SSSR count). The van der Waals surface area contributed by atoms with E-state index in [1.165, 1.54) is 89.3 Å². The van der Waals surface area contributed by atoms with E-state index in [0.717, 1.165) is 32.1 Å². The largest absolute Gasteiger partial charge is 0.337 e. The van der Waals surface area contributed by atoms with Crippen molar-refractivity contribution >= 4 is 33.9 Å². The van der Waals surface area contributed by atoms with Gasteiger partial charge in [-0.15, -0.1) is 0 Å². The molecule has 2 heterocycles. The monoisotopic (exact) mass is 734 g/mol. The standard InChI is InChI=1S/C55H46N2/c1-37-24-27-49-51-29-26-42(35-54(51)56(53(49)30-37)46-21-13-20-41(32-46)38-14-5-2-6-15-38)43-25-28-50-48-22-11-12-23-52(48)57(55(50)36-43)47-33-44(39-16-7-3-8-17-39)31-45(34-47)40-18-9-4-10-19-40/h2-3,5-9,11,13-22,24-29,31-37,49,53H,4,10,12,23,30H2,1H3. The fourth-order valence-electron chi connectivity index (χ4n) is 10.0. The van der Waals surface area contributed by atoms with Crippen LogP contribution in [0.5, 0.6) is 0 Å². The minimum absolute atomic E-state index is 0.379. The highest BCUT2D eigenvalue weighted by atomic mass is 15.2. The first-order chi connectivity index (χ1) is 28.2. The lowest BCUT2D eigenvalue weighted by molar-refractivity contribution is 0.485. The van der Waals surface area contributed by atoms with Crippen molar-refractivity contribution in [1.29, 1.82) is 0 Å². The van der Waals surface area contributed by atoms with Crippen molar-refractivity contribution < 1.29 is 0 Å². The summed E-state index contributed by atoms with van der Waals surface area (Å²) in [7, 11) is 0. The molecule has 0 amide bonds. The van der Waals surface area contributed by atoms with E-state index in [1.54, 1.807) is 0 Å². The molecule has 1 aromatic heterocycles. The first-order valence-corrected chi connectivity index (χ1v) is 20.9. The van der Waals surface area contributed by atoms with E-state index in [9.17, 15) is 0 Å². The van der Waals surface area contributed by atoms with Gasteiger partial charge in [0.25, 0.3) is 0 Å². The molecule has 3 aliphatic carbocycles. The maximum Gasteiger partial charge on any atom is 0.0543 e. The van der Waals surface area contributed by atoms with Crippen molar-refractivity contribution in [3.8, 4) is 39.1 Å². The average Bonchev–Trinajstić information content (AvgIpc) is 3.78. The van der Waals surface area contributed by atoms with E-state index in [0.29, 0.717) is 17.9 Å². The van der Waals surface area contributed by atoms with Gasteiger partial charge in [0.15, 0.2) is 0 Å². The molecular formula is C55H46N2. The van der Waals surface area contributed by atoms with E-state index in [-0.39, 0.29) is 0 Å². The lowest BCUT2D eigenvalue weighted by atomic mass is 9.83. The molecule has 3 atom stereocenters. The van der Waals surface area contributed by atoms with Gasteiger partial charge in [-0.25, -0.2) is 0 Å². The van der Waals surface area contributed by atoms with Gasteiger partial charge in [-0.05, 0) is 131 Å². The molecule has 0 bridgehead atoms. The Morgan fingerprint density at radius 2 is 1.26 bits per heavy atom. The highest BCUT2D eigenvalue weighted by Gasteiger charge is 2.40. The summed E-state index contributed by atoms with van der Waals surface area (Å²) < 4.78 is 2.58. The Balaban J connectivity index is 1.07. The van der Waals surface area contributed by atoms with Crippen LogP contribution in [0.2, 0.25) is 0 Å². The SMILES string of the molecule is CC1C=CC2c3ccc(-c4ccc5c6c(n(-c7cc(C8=CCCC=C8)cc(-c8ccccc8)c7)c5c4)CCC=C6)cc3N(c3cccc(-c4ccccc4)c3)C2C1. The molecule has 0 N–H and O–H groups in total. The van der Waals surface area contributed by atoms with Crippen LogP contribution in [-0.2, 0) is 6.42 Å². The molecule has 0 radical (unpaired) electrons. The van der Waals surface area contributed by atoms with E-state index in [2.05, 4.69) is 198 Å². The second kappa shape index (κ2) is 14.0. The predicted molar refractivity (Wildman–Crippen MR) is 241 cm³/mol. The van der Waals surface area contributed by atoms with Crippen molar-refractivity contribution in [1.82, 2.24) is 4.57 Å². The van der Waals surface area contributed by atoms with Gasteiger partial charge in [0.05, 0.1) is 5.52 Å². The zero-order valence-electron chi connectivity index (χ0n) is 32.5. The molecule has 3 unspecified atom stereocenters. The number of allylic oxidation sites excluding steroid dienone is 6.